The Labute approximate surface area is 527 Å². The number of aliphatic hydroxyl groups is 1. The fraction of sp³-hybridized carbons (Fsp3) is 0.618. The quantitative estimate of drug-likeness (QED) is 0.0355. The minimum atomic E-state index is -2.91. The number of halogens is 2. The molecule has 9 rings (SSSR count). The van der Waals surface area contributed by atoms with E-state index in [1.165, 1.54) is 36.2 Å². The van der Waals surface area contributed by atoms with Crippen LogP contribution in [-0.2, 0) is 51.7 Å². The van der Waals surface area contributed by atoms with E-state index in [0.29, 0.717) is 33.5 Å². The highest BCUT2D eigenvalue weighted by atomic mass is 28.4. The Kier molecular flexibility index (Phi) is 20.6. The number of nitrogens with one attached hydrogen (secondary N) is 1. The molecule has 3 saturated heterocycles. The van der Waals surface area contributed by atoms with Crippen LogP contribution in [-0.4, -0.2) is 141 Å². The third kappa shape index (κ3) is 11.8. The Morgan fingerprint density at radius 3 is 1.93 bits per heavy atom. The predicted molar refractivity (Wildman–Crippen MR) is 338 cm³/mol. The molecular formula is C68H96F2N4O13Si2. The molecule has 2 bridgehead atoms. The molecule has 1 aromatic carbocycles. The van der Waals surface area contributed by atoms with Gasteiger partial charge in [0.1, 0.15) is 59.5 Å². The lowest BCUT2D eigenvalue weighted by atomic mass is 9.46. The standard InChI is InChI=1S/C50H67FN2O11Si.C18H29FN2O2Si/c1-14-36-60-40-37-30(8)34(59-46(56)41(39(52-13)38-33(51)21-18-24-53-38)64-65(27(2)3,28(4)5)29(6)7)25-50(57,47(37,10)11)44(62-45(55)32-19-16-15-17-20-32)42-48(12,43(40)61-36)23-22-35-49(42,26-58-35)63-31(9)54;1-11(2)24(12(3)4,13(5)6)23-17-16(21(7)18(17)22)15-14(19)9-8-10-20-15/h14-24,27-29,34-36,39-44,52,57H,1,25-26H2,2-13H3;8-13,16-17H,1-7H3/t34-,35+,36+,39-,40+,41+,42-,43+,44-,48+,49-,50+;16-,17+/m00/s1. The number of hydrogen-bond donors (Lipinski definition) is 2. The summed E-state index contributed by atoms with van der Waals surface area (Å²) in [5, 5.41) is 17.2. The molecule has 3 aliphatic carbocycles. The van der Waals surface area contributed by atoms with Crippen molar-refractivity contribution >= 4 is 40.4 Å². The van der Waals surface area contributed by atoms with E-state index in [1.54, 1.807) is 62.8 Å². The molecule has 2 N–H and O–H groups in total. The van der Waals surface area contributed by atoms with Crippen molar-refractivity contribution in [3.05, 3.63) is 132 Å². The van der Waals surface area contributed by atoms with Crippen molar-refractivity contribution in [3.63, 3.8) is 0 Å². The second-order valence-electron chi connectivity index (χ2n) is 27.8. The van der Waals surface area contributed by atoms with Gasteiger partial charge in [-0.25, -0.2) is 18.4 Å². The molecule has 14 atom stereocenters. The van der Waals surface area contributed by atoms with Gasteiger partial charge in [-0.2, -0.15) is 0 Å². The minimum Gasteiger partial charge on any atom is -0.456 e. The molecule has 1 amide bonds. The number of likely N-dealkylation sites (tertiary alicyclic amines) is 1. The number of ether oxygens (including phenoxy) is 6. The van der Waals surface area contributed by atoms with Crippen LogP contribution in [0.25, 0.3) is 0 Å². The van der Waals surface area contributed by atoms with Crippen LogP contribution in [0.1, 0.15) is 158 Å². The molecule has 3 aliphatic heterocycles. The first-order valence-corrected chi connectivity index (χ1v) is 35.8. The van der Waals surface area contributed by atoms with Gasteiger partial charge in [0.15, 0.2) is 24.1 Å². The van der Waals surface area contributed by atoms with Gasteiger partial charge < -0.3 is 52.6 Å². The monoisotopic (exact) mass is 1270 g/mol. The molecular weight excluding hydrogens is 1170 g/mol. The van der Waals surface area contributed by atoms with E-state index >= 15 is 9.18 Å². The number of rotatable bonds is 20. The first-order chi connectivity index (χ1) is 41.7. The fourth-order valence-electron chi connectivity index (χ4n) is 16.7. The molecule has 0 radical (unpaired) electrons. The van der Waals surface area contributed by atoms with E-state index in [1.807, 2.05) is 39.8 Å². The van der Waals surface area contributed by atoms with Gasteiger partial charge in [0.05, 0.1) is 29.8 Å². The number of likely N-dealkylation sites (N-methyl/N-ethyl adjacent to an activating group) is 2. The Morgan fingerprint density at radius 2 is 1.42 bits per heavy atom. The number of benzene rings is 1. The zero-order valence-electron chi connectivity index (χ0n) is 55.5. The highest BCUT2D eigenvalue weighted by Crippen LogP contribution is 2.65. The Bertz CT molecular complexity index is 3120. The largest absolute Gasteiger partial charge is 0.456 e. The van der Waals surface area contributed by atoms with Gasteiger partial charge in [-0.05, 0) is 101 Å². The van der Waals surface area contributed by atoms with E-state index in [9.17, 15) is 23.9 Å². The third-order valence-corrected chi connectivity index (χ3v) is 33.0. The average Bonchev–Trinajstić information content (AvgIpc) is 1.59. The SMILES string of the molecule is C=C[C@@H]1O[C@@H]2C3=C(C)[C@@H](OC(=O)[C@H](O[Si](C(C)C)(C(C)C)C(C)C)[C@@H](NC)c4ncccc4F)C[C@@](O)([C@@H](OC(=O)c4ccccc4)[C@H]4[C@@](C)(C=C[C@H]5OC[C@]54OC(C)=O)[C@@H]2O1)C3(C)C.CC(C)[Si](O[C@H]1C(=O)N(C)[C@H]1c1ncccc1F)(C(C)C)C(C)C. The molecule has 89 heavy (non-hydrogen) atoms. The summed E-state index contributed by atoms with van der Waals surface area (Å²) in [6, 6.07) is 12.6. The number of β-lactam (4-membered cyclic amide) rings is 1. The number of carbonyl (C=O) groups excluding carboxylic acids is 4. The molecule has 0 spiro atoms. The van der Waals surface area contributed by atoms with Gasteiger partial charge in [-0.3, -0.25) is 19.6 Å². The van der Waals surface area contributed by atoms with Crippen LogP contribution in [0.2, 0.25) is 33.2 Å². The normalized spacial score (nSPS) is 30.3. The number of esters is 3. The van der Waals surface area contributed by atoms with Crippen molar-refractivity contribution in [2.75, 3.05) is 20.7 Å². The first-order valence-electron chi connectivity index (χ1n) is 31.5. The summed E-state index contributed by atoms with van der Waals surface area (Å²) in [7, 11) is -1.82. The molecule has 4 fully saturated rings. The summed E-state index contributed by atoms with van der Waals surface area (Å²) < 4.78 is 83.2. The van der Waals surface area contributed by atoms with Crippen LogP contribution in [0.4, 0.5) is 8.78 Å². The van der Waals surface area contributed by atoms with Crippen LogP contribution in [0, 0.1) is 28.4 Å². The molecule has 0 unspecified atom stereocenters. The van der Waals surface area contributed by atoms with Crippen LogP contribution in [0.3, 0.4) is 0 Å². The summed E-state index contributed by atoms with van der Waals surface area (Å²) in [6.45, 7) is 38.3. The zero-order valence-corrected chi connectivity index (χ0v) is 57.5. The molecule has 17 nitrogen and oxygen atoms in total. The molecule has 488 valence electrons. The maximum Gasteiger partial charge on any atom is 0.338 e. The lowest BCUT2D eigenvalue weighted by Gasteiger charge is -2.66. The summed E-state index contributed by atoms with van der Waals surface area (Å²) in [4.78, 5) is 65.7. The van der Waals surface area contributed by atoms with Crippen LogP contribution in [0.5, 0.6) is 0 Å². The third-order valence-electron chi connectivity index (χ3n) is 20.9. The number of carbonyl (C=O) groups is 4. The summed E-state index contributed by atoms with van der Waals surface area (Å²) in [6.07, 6.45) is 0.0253. The van der Waals surface area contributed by atoms with Crippen molar-refractivity contribution < 1.29 is 70.3 Å². The van der Waals surface area contributed by atoms with Crippen molar-refractivity contribution in [2.24, 2.45) is 16.7 Å². The van der Waals surface area contributed by atoms with E-state index in [-0.39, 0.29) is 52.6 Å². The lowest BCUT2D eigenvalue weighted by molar-refractivity contribution is -0.316. The number of fused-ring (bicyclic) bond motifs is 8. The van der Waals surface area contributed by atoms with E-state index < -0.39 is 129 Å². The molecule has 1 saturated carbocycles. The van der Waals surface area contributed by atoms with Gasteiger partial charge in [-0.15, -0.1) is 0 Å². The average molecular weight is 1270 g/mol. The topological polar surface area (TPSA) is 203 Å². The predicted octanol–water partition coefficient (Wildman–Crippen LogP) is 12.2. The van der Waals surface area contributed by atoms with E-state index in [4.69, 9.17) is 37.3 Å². The summed E-state index contributed by atoms with van der Waals surface area (Å²) in [5.41, 5.74) is -3.06. The van der Waals surface area contributed by atoms with Gasteiger partial charge in [0, 0.05) is 43.6 Å². The molecule has 3 aromatic rings. The molecule has 2 aromatic heterocycles. The second-order valence-corrected chi connectivity index (χ2v) is 38.6. The zero-order chi connectivity index (χ0) is 65.8. The van der Waals surface area contributed by atoms with Gasteiger partial charge in [0.2, 0.25) is 16.6 Å². The van der Waals surface area contributed by atoms with Crippen molar-refractivity contribution in [1.82, 2.24) is 20.2 Å². The van der Waals surface area contributed by atoms with Crippen molar-refractivity contribution in [1.29, 1.82) is 0 Å². The van der Waals surface area contributed by atoms with Gasteiger partial charge >= 0.3 is 17.9 Å². The van der Waals surface area contributed by atoms with Gasteiger partial charge in [0.25, 0.3) is 5.91 Å². The molecule has 6 aliphatic rings. The minimum absolute atomic E-state index is 0.0138. The van der Waals surface area contributed by atoms with Crippen LogP contribution < -0.4 is 5.32 Å². The number of hydrogen-bond acceptors (Lipinski definition) is 16. The first kappa shape index (κ1) is 69.5. The Balaban J connectivity index is 0.000000357. The maximum atomic E-state index is 15.8. The van der Waals surface area contributed by atoms with Crippen molar-refractivity contribution in [3.8, 4) is 0 Å². The number of pyridine rings is 2. The highest BCUT2D eigenvalue weighted by Gasteiger charge is 2.76. The van der Waals surface area contributed by atoms with Crippen molar-refractivity contribution in [2.45, 2.75) is 230 Å². The summed E-state index contributed by atoms with van der Waals surface area (Å²) in [5.74, 6) is -4.22. The second kappa shape index (κ2) is 26.3. The number of aromatic nitrogens is 2. The highest BCUT2D eigenvalue weighted by molar-refractivity contribution is 6.78. The Hall–Kier alpha value is -5.37. The lowest BCUT2D eigenvalue weighted by Crippen LogP contribution is -2.78. The fourth-order valence-corrected chi connectivity index (χ4v) is 27.7. The van der Waals surface area contributed by atoms with E-state index in [2.05, 4.69) is 105 Å². The van der Waals surface area contributed by atoms with Crippen LogP contribution >= 0.6 is 0 Å². The van der Waals surface area contributed by atoms with E-state index in [0.717, 1.165) is 0 Å². The Morgan fingerprint density at radius 1 is 0.831 bits per heavy atom. The number of nitrogens with zero attached hydrogens (tertiary/aromatic N) is 3. The summed E-state index contributed by atoms with van der Waals surface area (Å²) >= 11 is 0. The maximum absolute atomic E-state index is 15.8. The molecule has 21 heteroatoms. The van der Waals surface area contributed by atoms with Gasteiger partial charge in [-0.1, -0.05) is 141 Å². The smallest absolute Gasteiger partial charge is 0.338 e. The van der Waals surface area contributed by atoms with Crippen LogP contribution in [0.15, 0.2) is 103 Å². The molecule has 5 heterocycles. The number of amides is 1.